The Bertz CT molecular complexity index is 789. The molecule has 0 atom stereocenters. The molecule has 7 nitrogen and oxygen atoms in total. The SMILES string of the molecule is COCCCNC(=O)c1cc(C(=O)N2CCN(c3ccccc3)CC2)ccn1. The van der Waals surface area contributed by atoms with Crippen LogP contribution in [0.5, 0.6) is 0 Å². The van der Waals surface area contributed by atoms with Gasteiger partial charge in [0.05, 0.1) is 0 Å². The molecule has 0 saturated carbocycles. The zero-order chi connectivity index (χ0) is 19.8. The average molecular weight is 382 g/mol. The first-order valence-corrected chi connectivity index (χ1v) is 9.51. The van der Waals surface area contributed by atoms with Crippen LogP contribution in [0.15, 0.2) is 48.7 Å². The van der Waals surface area contributed by atoms with Gasteiger partial charge in [0, 0.05) is 63.9 Å². The molecule has 1 aromatic carbocycles. The number of para-hydroxylation sites is 1. The van der Waals surface area contributed by atoms with Crippen LogP contribution in [0, 0.1) is 0 Å². The average Bonchev–Trinajstić information content (AvgIpc) is 2.77. The van der Waals surface area contributed by atoms with Crippen LogP contribution < -0.4 is 10.2 Å². The quantitative estimate of drug-likeness (QED) is 0.740. The highest BCUT2D eigenvalue weighted by Crippen LogP contribution is 2.17. The molecule has 1 aliphatic rings. The molecule has 1 saturated heterocycles. The van der Waals surface area contributed by atoms with Crippen LogP contribution >= 0.6 is 0 Å². The van der Waals surface area contributed by atoms with Crippen molar-refractivity contribution >= 4 is 17.5 Å². The van der Waals surface area contributed by atoms with Crippen molar-refractivity contribution in [3.05, 3.63) is 59.9 Å². The van der Waals surface area contributed by atoms with Gasteiger partial charge in [-0.1, -0.05) is 18.2 Å². The molecule has 2 heterocycles. The van der Waals surface area contributed by atoms with E-state index < -0.39 is 0 Å². The highest BCUT2D eigenvalue weighted by Gasteiger charge is 2.23. The lowest BCUT2D eigenvalue weighted by atomic mass is 10.1. The molecule has 1 N–H and O–H groups in total. The Morgan fingerprint density at radius 3 is 2.57 bits per heavy atom. The number of pyridine rings is 1. The number of methoxy groups -OCH3 is 1. The maximum Gasteiger partial charge on any atom is 0.269 e. The van der Waals surface area contributed by atoms with Crippen molar-refractivity contribution in [1.82, 2.24) is 15.2 Å². The maximum absolute atomic E-state index is 12.8. The van der Waals surface area contributed by atoms with Crippen LogP contribution in [0.3, 0.4) is 0 Å². The molecule has 1 aliphatic heterocycles. The van der Waals surface area contributed by atoms with Gasteiger partial charge in [0.2, 0.25) is 0 Å². The van der Waals surface area contributed by atoms with Gasteiger partial charge in [-0.3, -0.25) is 14.6 Å². The summed E-state index contributed by atoms with van der Waals surface area (Å²) in [6, 6.07) is 13.4. The van der Waals surface area contributed by atoms with Crippen LogP contribution in [-0.4, -0.2) is 68.1 Å². The fourth-order valence-electron chi connectivity index (χ4n) is 3.19. The van der Waals surface area contributed by atoms with Gasteiger partial charge in [-0.15, -0.1) is 0 Å². The molecule has 0 spiro atoms. The van der Waals surface area contributed by atoms with Gasteiger partial charge in [-0.05, 0) is 30.7 Å². The first-order chi connectivity index (χ1) is 13.7. The largest absolute Gasteiger partial charge is 0.385 e. The van der Waals surface area contributed by atoms with Crippen molar-refractivity contribution in [1.29, 1.82) is 0 Å². The summed E-state index contributed by atoms with van der Waals surface area (Å²) in [7, 11) is 1.62. The zero-order valence-electron chi connectivity index (χ0n) is 16.1. The topological polar surface area (TPSA) is 74.8 Å². The number of anilines is 1. The number of benzene rings is 1. The molecule has 3 rings (SSSR count). The number of carbonyl (C=O) groups is 2. The second-order valence-corrected chi connectivity index (χ2v) is 6.65. The predicted octanol–water partition coefficient (Wildman–Crippen LogP) is 1.81. The number of nitrogens with zero attached hydrogens (tertiary/aromatic N) is 3. The van der Waals surface area contributed by atoms with E-state index in [1.807, 2.05) is 23.1 Å². The molecular formula is C21H26N4O3. The van der Waals surface area contributed by atoms with Gasteiger partial charge < -0.3 is 19.9 Å². The Labute approximate surface area is 165 Å². The summed E-state index contributed by atoms with van der Waals surface area (Å²) in [5, 5.41) is 2.79. The molecule has 7 heteroatoms. The highest BCUT2D eigenvalue weighted by molar-refractivity contribution is 5.98. The minimum atomic E-state index is -0.278. The standard InChI is InChI=1S/C21H26N4O3/c1-28-15-5-9-23-20(26)19-16-17(8-10-22-19)21(27)25-13-11-24(12-14-25)18-6-3-2-4-7-18/h2-4,6-8,10,16H,5,9,11-15H2,1H3,(H,23,26). The molecule has 0 aliphatic carbocycles. The van der Waals surface area contributed by atoms with Crippen LogP contribution in [0.1, 0.15) is 27.3 Å². The minimum absolute atomic E-state index is 0.0662. The third-order valence-electron chi connectivity index (χ3n) is 4.74. The second-order valence-electron chi connectivity index (χ2n) is 6.65. The van der Waals surface area contributed by atoms with E-state index in [4.69, 9.17) is 4.74 Å². The number of hydrogen-bond acceptors (Lipinski definition) is 5. The maximum atomic E-state index is 12.8. The van der Waals surface area contributed by atoms with Crippen molar-refractivity contribution in [2.24, 2.45) is 0 Å². The fourth-order valence-corrected chi connectivity index (χ4v) is 3.19. The summed E-state index contributed by atoms with van der Waals surface area (Å²) in [5.41, 5.74) is 1.92. The first-order valence-electron chi connectivity index (χ1n) is 9.51. The minimum Gasteiger partial charge on any atom is -0.385 e. The van der Waals surface area contributed by atoms with Crippen molar-refractivity contribution < 1.29 is 14.3 Å². The lowest BCUT2D eigenvalue weighted by Crippen LogP contribution is -2.48. The van der Waals surface area contributed by atoms with Crippen LogP contribution in [0.25, 0.3) is 0 Å². The first kappa shape index (κ1) is 19.8. The van der Waals surface area contributed by atoms with E-state index in [2.05, 4.69) is 27.3 Å². The summed E-state index contributed by atoms with van der Waals surface area (Å²) in [6.07, 6.45) is 2.24. The third kappa shape index (κ3) is 5.07. The van der Waals surface area contributed by atoms with Crippen molar-refractivity contribution in [2.45, 2.75) is 6.42 Å². The summed E-state index contributed by atoms with van der Waals surface area (Å²) >= 11 is 0. The number of hydrogen-bond donors (Lipinski definition) is 1. The molecule has 2 aromatic rings. The van der Waals surface area contributed by atoms with Gasteiger partial charge in [0.15, 0.2) is 0 Å². The molecule has 28 heavy (non-hydrogen) atoms. The molecule has 1 aromatic heterocycles. The number of aromatic nitrogens is 1. The van der Waals surface area contributed by atoms with Crippen molar-refractivity contribution in [2.75, 3.05) is 51.3 Å². The van der Waals surface area contributed by atoms with Crippen molar-refractivity contribution in [3.8, 4) is 0 Å². The smallest absolute Gasteiger partial charge is 0.269 e. The number of nitrogens with one attached hydrogen (secondary N) is 1. The van der Waals surface area contributed by atoms with Gasteiger partial charge in [0.25, 0.3) is 11.8 Å². The Balaban J connectivity index is 1.57. The zero-order valence-corrected chi connectivity index (χ0v) is 16.1. The summed E-state index contributed by atoms with van der Waals surface area (Å²) < 4.78 is 4.96. The van der Waals surface area contributed by atoms with Gasteiger partial charge in [0.1, 0.15) is 5.69 Å². The van der Waals surface area contributed by atoms with E-state index >= 15 is 0 Å². The molecule has 0 bridgehead atoms. The number of carbonyl (C=O) groups excluding carboxylic acids is 2. The Morgan fingerprint density at radius 2 is 1.86 bits per heavy atom. The van der Waals surface area contributed by atoms with E-state index in [0.29, 0.717) is 31.8 Å². The third-order valence-corrected chi connectivity index (χ3v) is 4.74. The van der Waals surface area contributed by atoms with E-state index in [-0.39, 0.29) is 17.5 Å². The van der Waals surface area contributed by atoms with Crippen LogP contribution in [-0.2, 0) is 4.74 Å². The van der Waals surface area contributed by atoms with Gasteiger partial charge in [-0.2, -0.15) is 0 Å². The number of amides is 2. The fraction of sp³-hybridized carbons (Fsp3) is 0.381. The van der Waals surface area contributed by atoms with Gasteiger partial charge in [-0.25, -0.2) is 0 Å². The van der Waals surface area contributed by atoms with E-state index in [9.17, 15) is 9.59 Å². The molecule has 2 amide bonds. The lowest BCUT2D eigenvalue weighted by molar-refractivity contribution is 0.0746. The molecule has 148 valence electrons. The van der Waals surface area contributed by atoms with Crippen LogP contribution in [0.4, 0.5) is 5.69 Å². The van der Waals surface area contributed by atoms with E-state index in [0.717, 1.165) is 19.5 Å². The molecule has 0 radical (unpaired) electrons. The number of piperazine rings is 1. The van der Waals surface area contributed by atoms with E-state index in [1.54, 1.807) is 19.2 Å². The monoisotopic (exact) mass is 382 g/mol. The lowest BCUT2D eigenvalue weighted by Gasteiger charge is -2.36. The number of rotatable bonds is 7. The number of ether oxygens (including phenoxy) is 1. The highest BCUT2D eigenvalue weighted by atomic mass is 16.5. The summed E-state index contributed by atoms with van der Waals surface area (Å²) in [5.74, 6) is -0.344. The summed E-state index contributed by atoms with van der Waals surface area (Å²) in [4.78, 5) is 33.3. The molecule has 1 fully saturated rings. The van der Waals surface area contributed by atoms with Crippen LogP contribution in [0.2, 0.25) is 0 Å². The van der Waals surface area contributed by atoms with E-state index in [1.165, 1.54) is 11.9 Å². The van der Waals surface area contributed by atoms with Crippen molar-refractivity contribution in [3.63, 3.8) is 0 Å². The molecule has 0 unspecified atom stereocenters. The Morgan fingerprint density at radius 1 is 1.11 bits per heavy atom. The Hall–Kier alpha value is -2.93. The Kier molecular flexibility index (Phi) is 6.97. The normalized spacial score (nSPS) is 14.0. The second kappa shape index (κ2) is 9.85. The molecular weight excluding hydrogens is 356 g/mol. The van der Waals surface area contributed by atoms with Gasteiger partial charge >= 0.3 is 0 Å². The predicted molar refractivity (Wildman–Crippen MR) is 108 cm³/mol. The summed E-state index contributed by atoms with van der Waals surface area (Å²) in [6.45, 7) is 3.96.